The zero-order chi connectivity index (χ0) is 20.4. The number of rotatable bonds is 5. The van der Waals surface area contributed by atoms with E-state index in [9.17, 15) is 4.39 Å². The highest BCUT2D eigenvalue weighted by Crippen LogP contribution is 2.40. The van der Waals surface area contributed by atoms with E-state index in [4.69, 9.17) is 21.1 Å². The summed E-state index contributed by atoms with van der Waals surface area (Å²) < 4.78 is 25.5. The van der Waals surface area contributed by atoms with Crippen molar-refractivity contribution in [3.05, 3.63) is 51.8 Å². The maximum atomic E-state index is 13.3. The first-order chi connectivity index (χ1) is 14.1. The fourth-order valence-corrected chi connectivity index (χ4v) is 4.54. The smallest absolute Gasteiger partial charge is 0.143 e. The number of halogens is 2. The third kappa shape index (κ3) is 4.31. The number of hydrogen-bond acceptors (Lipinski definition) is 4. The van der Waals surface area contributed by atoms with E-state index in [1.165, 1.54) is 34.5 Å². The molecule has 0 amide bonds. The Morgan fingerprint density at radius 3 is 2.90 bits per heavy atom. The average Bonchev–Trinajstić information content (AvgIpc) is 2.95. The van der Waals surface area contributed by atoms with Crippen LogP contribution in [0.2, 0.25) is 5.02 Å². The summed E-state index contributed by atoms with van der Waals surface area (Å²) in [5.41, 5.74) is 5.34. The molecular weight excluding hydrogens is 391 g/mol. The molecule has 0 saturated heterocycles. The van der Waals surface area contributed by atoms with Gasteiger partial charge in [-0.3, -0.25) is 0 Å². The fourth-order valence-electron chi connectivity index (χ4n) is 4.32. The molecule has 4 nitrogen and oxygen atoms in total. The van der Waals surface area contributed by atoms with Crippen molar-refractivity contribution in [3.8, 4) is 11.5 Å². The predicted octanol–water partition coefficient (Wildman–Crippen LogP) is 4.53. The zero-order valence-electron chi connectivity index (χ0n) is 17.1. The minimum Gasteiger partial charge on any atom is -0.490 e. The molecule has 2 aliphatic heterocycles. The first-order valence-electron chi connectivity index (χ1n) is 10.4. The lowest BCUT2D eigenvalue weighted by Gasteiger charge is -2.36. The molecular formula is C23H28ClFN2O2. The molecule has 0 bridgehead atoms. The van der Waals surface area contributed by atoms with E-state index in [0.717, 1.165) is 51.2 Å². The number of nitrogens with zero attached hydrogens (tertiary/aromatic N) is 1. The van der Waals surface area contributed by atoms with Gasteiger partial charge in [0.05, 0.1) is 23.8 Å². The van der Waals surface area contributed by atoms with Gasteiger partial charge in [-0.1, -0.05) is 18.5 Å². The monoisotopic (exact) mass is 418 g/mol. The molecule has 0 aliphatic carbocycles. The molecule has 1 unspecified atom stereocenters. The third-order valence-electron chi connectivity index (χ3n) is 5.86. The van der Waals surface area contributed by atoms with Crippen LogP contribution in [-0.4, -0.2) is 38.9 Å². The maximum absolute atomic E-state index is 13.3. The second-order valence-electron chi connectivity index (χ2n) is 7.75. The molecule has 0 radical (unpaired) electrons. The first-order valence-corrected chi connectivity index (χ1v) is 10.8. The summed E-state index contributed by atoms with van der Waals surface area (Å²) in [5, 5.41) is 3.79. The number of anilines is 1. The molecule has 1 atom stereocenters. The first kappa shape index (κ1) is 20.3. The molecule has 156 valence electrons. The van der Waals surface area contributed by atoms with E-state index in [2.05, 4.69) is 30.1 Å². The van der Waals surface area contributed by atoms with Crippen LogP contribution >= 0.6 is 11.6 Å². The summed E-state index contributed by atoms with van der Waals surface area (Å²) in [6.07, 6.45) is 2.86. The standard InChI is InChI=1S/C23H28ClFN2O2/c1-3-18(29-21-5-4-17(25)13-20(21)24)14-27-10-11-28-22-12-16-6-8-26-9-7-19(16)15(2)23(22)27/h4-5,12-13,18,26H,3,6-11,14H2,1-2H3. The third-order valence-corrected chi connectivity index (χ3v) is 6.15. The molecule has 1 N–H and O–H groups in total. The van der Waals surface area contributed by atoms with Gasteiger partial charge in [0, 0.05) is 0 Å². The van der Waals surface area contributed by atoms with Crippen molar-refractivity contribution in [1.29, 1.82) is 0 Å². The Kier molecular flexibility index (Phi) is 6.16. The van der Waals surface area contributed by atoms with Crippen molar-refractivity contribution < 1.29 is 13.9 Å². The summed E-state index contributed by atoms with van der Waals surface area (Å²) >= 11 is 6.17. The van der Waals surface area contributed by atoms with Crippen LogP contribution in [0.4, 0.5) is 10.1 Å². The molecule has 2 heterocycles. The van der Waals surface area contributed by atoms with Crippen molar-refractivity contribution in [1.82, 2.24) is 5.32 Å². The van der Waals surface area contributed by atoms with Gasteiger partial charge in [0.2, 0.25) is 0 Å². The SMILES string of the molecule is CCC(CN1CCOc2cc3c(c(C)c21)CCNCC3)Oc1ccc(F)cc1Cl. The predicted molar refractivity (Wildman–Crippen MR) is 115 cm³/mol. The Labute approximate surface area is 176 Å². The van der Waals surface area contributed by atoms with Crippen LogP contribution < -0.4 is 19.7 Å². The largest absolute Gasteiger partial charge is 0.490 e. The summed E-state index contributed by atoms with van der Waals surface area (Å²) in [5.74, 6) is 1.14. The van der Waals surface area contributed by atoms with E-state index in [0.29, 0.717) is 17.4 Å². The van der Waals surface area contributed by atoms with E-state index in [1.807, 2.05) is 0 Å². The molecule has 0 saturated carbocycles. The molecule has 0 spiro atoms. The normalized spacial score (nSPS) is 17.0. The number of benzene rings is 2. The van der Waals surface area contributed by atoms with Gasteiger partial charge in [0.1, 0.15) is 30.0 Å². The van der Waals surface area contributed by atoms with Crippen LogP contribution in [0.5, 0.6) is 11.5 Å². The average molecular weight is 419 g/mol. The van der Waals surface area contributed by atoms with E-state index in [-0.39, 0.29) is 11.9 Å². The summed E-state index contributed by atoms with van der Waals surface area (Å²) in [6, 6.07) is 6.51. The second-order valence-corrected chi connectivity index (χ2v) is 8.16. The van der Waals surface area contributed by atoms with E-state index < -0.39 is 0 Å². The molecule has 2 aromatic rings. The highest BCUT2D eigenvalue weighted by molar-refractivity contribution is 6.32. The highest BCUT2D eigenvalue weighted by Gasteiger charge is 2.27. The van der Waals surface area contributed by atoms with Crippen molar-refractivity contribution in [3.63, 3.8) is 0 Å². The van der Waals surface area contributed by atoms with Crippen LogP contribution in [0, 0.1) is 12.7 Å². The number of hydrogen-bond donors (Lipinski definition) is 1. The van der Waals surface area contributed by atoms with Gasteiger partial charge < -0.3 is 19.7 Å². The fraction of sp³-hybridized carbons (Fsp3) is 0.478. The molecule has 2 aliphatic rings. The Morgan fingerprint density at radius 1 is 1.28 bits per heavy atom. The zero-order valence-corrected chi connectivity index (χ0v) is 17.8. The molecule has 2 aromatic carbocycles. The molecule has 6 heteroatoms. The maximum Gasteiger partial charge on any atom is 0.143 e. The van der Waals surface area contributed by atoms with Crippen molar-refractivity contribution in [2.24, 2.45) is 0 Å². The van der Waals surface area contributed by atoms with Gasteiger partial charge in [-0.05, 0) is 80.2 Å². The van der Waals surface area contributed by atoms with Gasteiger partial charge in [-0.15, -0.1) is 0 Å². The Hall–Kier alpha value is -1.98. The van der Waals surface area contributed by atoms with Crippen LogP contribution in [0.25, 0.3) is 0 Å². The van der Waals surface area contributed by atoms with E-state index in [1.54, 1.807) is 6.07 Å². The van der Waals surface area contributed by atoms with Crippen LogP contribution in [-0.2, 0) is 12.8 Å². The minimum atomic E-state index is -0.358. The minimum absolute atomic E-state index is 0.0520. The number of nitrogens with one attached hydrogen (secondary N) is 1. The Bertz CT molecular complexity index is 890. The van der Waals surface area contributed by atoms with Gasteiger partial charge >= 0.3 is 0 Å². The summed E-state index contributed by atoms with van der Waals surface area (Å²) in [6.45, 7) is 8.55. The molecule has 0 fully saturated rings. The quantitative estimate of drug-likeness (QED) is 0.773. The van der Waals surface area contributed by atoms with Gasteiger partial charge in [-0.2, -0.15) is 0 Å². The summed E-state index contributed by atoms with van der Waals surface area (Å²) in [4.78, 5) is 2.37. The Morgan fingerprint density at radius 2 is 2.10 bits per heavy atom. The molecule has 0 aromatic heterocycles. The summed E-state index contributed by atoms with van der Waals surface area (Å²) in [7, 11) is 0. The lowest BCUT2D eigenvalue weighted by molar-refractivity contribution is 0.196. The lowest BCUT2D eigenvalue weighted by atomic mass is 9.94. The highest BCUT2D eigenvalue weighted by atomic mass is 35.5. The van der Waals surface area contributed by atoms with Gasteiger partial charge in [-0.25, -0.2) is 4.39 Å². The molecule has 4 rings (SSSR count). The van der Waals surface area contributed by atoms with Gasteiger partial charge in [0.25, 0.3) is 0 Å². The van der Waals surface area contributed by atoms with Crippen LogP contribution in [0.3, 0.4) is 0 Å². The number of fused-ring (bicyclic) bond motifs is 2. The number of ether oxygens (including phenoxy) is 2. The topological polar surface area (TPSA) is 33.7 Å². The Balaban J connectivity index is 1.59. The van der Waals surface area contributed by atoms with Crippen molar-refractivity contribution >= 4 is 17.3 Å². The van der Waals surface area contributed by atoms with Crippen molar-refractivity contribution in [2.75, 3.05) is 37.7 Å². The molecule has 29 heavy (non-hydrogen) atoms. The van der Waals surface area contributed by atoms with Gasteiger partial charge in [0.15, 0.2) is 0 Å². The second kappa shape index (κ2) is 8.80. The van der Waals surface area contributed by atoms with Crippen molar-refractivity contribution in [2.45, 2.75) is 39.2 Å². The lowest BCUT2D eigenvalue weighted by Crippen LogP contribution is -2.41. The van der Waals surface area contributed by atoms with E-state index >= 15 is 0 Å². The van der Waals surface area contributed by atoms with Crippen LogP contribution in [0.15, 0.2) is 24.3 Å². The van der Waals surface area contributed by atoms with Crippen LogP contribution in [0.1, 0.15) is 30.0 Å².